The number of aldehydes is 1. The zero-order valence-electron chi connectivity index (χ0n) is 18.9. The van der Waals surface area contributed by atoms with E-state index in [1.807, 2.05) is 20.1 Å². The van der Waals surface area contributed by atoms with Gasteiger partial charge < -0.3 is 21.2 Å². The van der Waals surface area contributed by atoms with E-state index in [-0.39, 0.29) is 29.9 Å². The van der Waals surface area contributed by atoms with Gasteiger partial charge in [0, 0.05) is 25.8 Å². The molecule has 0 rings (SSSR count). The predicted octanol–water partition coefficient (Wildman–Crippen LogP) is 1.71. The average Bonchev–Trinajstić information content (AvgIpc) is 2.65. The van der Waals surface area contributed by atoms with Crippen molar-refractivity contribution < 1.29 is 19.2 Å². The van der Waals surface area contributed by atoms with Gasteiger partial charge in [0.2, 0.25) is 11.8 Å². The van der Waals surface area contributed by atoms with E-state index in [0.29, 0.717) is 43.8 Å². The summed E-state index contributed by atoms with van der Waals surface area (Å²) in [6, 6.07) is -1.37. The van der Waals surface area contributed by atoms with Gasteiger partial charge in [0.25, 0.3) is 0 Å². The Hall–Kier alpha value is -1.90. The van der Waals surface area contributed by atoms with E-state index in [4.69, 9.17) is 5.73 Å². The number of nitrogens with two attached hydrogens (primary N) is 1. The first-order valence-corrected chi connectivity index (χ1v) is 11.8. The number of rotatable bonds is 16. The number of aliphatic imine (C=N–C) groups is 1. The van der Waals surface area contributed by atoms with Crippen LogP contribution in [0.25, 0.3) is 0 Å². The summed E-state index contributed by atoms with van der Waals surface area (Å²) in [5.41, 5.74) is 5.50. The number of thioether (sulfide) groups is 1. The summed E-state index contributed by atoms with van der Waals surface area (Å²) in [5.74, 6) is 0.145. The molecule has 0 saturated carbocycles. The lowest BCUT2D eigenvalue weighted by atomic mass is 9.94. The van der Waals surface area contributed by atoms with E-state index in [1.54, 1.807) is 18.7 Å². The smallest absolute Gasteiger partial charge is 0.243 e. The number of nitrogens with zero attached hydrogens (tertiary/aromatic N) is 1. The molecular weight excluding hydrogens is 404 g/mol. The number of ketones is 1. The van der Waals surface area contributed by atoms with E-state index in [0.717, 1.165) is 6.29 Å². The van der Waals surface area contributed by atoms with Gasteiger partial charge in [-0.25, -0.2) is 0 Å². The first-order valence-electron chi connectivity index (χ1n) is 10.4. The van der Waals surface area contributed by atoms with Crippen LogP contribution >= 0.6 is 11.8 Å². The summed E-state index contributed by atoms with van der Waals surface area (Å²) in [6.07, 6.45) is 4.95. The van der Waals surface area contributed by atoms with Crippen molar-refractivity contribution in [3.05, 3.63) is 0 Å². The highest BCUT2D eigenvalue weighted by atomic mass is 32.2. The molecule has 0 spiro atoms. The van der Waals surface area contributed by atoms with Gasteiger partial charge in [-0.2, -0.15) is 11.8 Å². The van der Waals surface area contributed by atoms with Crippen molar-refractivity contribution in [2.24, 2.45) is 22.6 Å². The van der Waals surface area contributed by atoms with E-state index >= 15 is 0 Å². The number of Topliss-reactive ketones (excluding diaryl/α,β-unsaturated/α-hetero) is 1. The van der Waals surface area contributed by atoms with Crippen LogP contribution < -0.4 is 16.4 Å². The number of carbonyl (C=O) groups excluding carboxylic acids is 4. The summed E-state index contributed by atoms with van der Waals surface area (Å²) in [5, 5.41) is 5.46. The fraction of sp³-hybridized carbons (Fsp3) is 0.762. The summed E-state index contributed by atoms with van der Waals surface area (Å²) in [7, 11) is 0. The largest absolute Gasteiger partial charge is 0.388 e. The molecule has 30 heavy (non-hydrogen) atoms. The fourth-order valence-electron chi connectivity index (χ4n) is 3.00. The third kappa shape index (κ3) is 13.3. The van der Waals surface area contributed by atoms with Crippen LogP contribution in [0.1, 0.15) is 59.8 Å². The molecular formula is C21H38N4O4S. The Morgan fingerprint density at radius 3 is 2.27 bits per heavy atom. The number of carbonyl (C=O) groups is 4. The van der Waals surface area contributed by atoms with Crippen molar-refractivity contribution in [2.75, 3.05) is 18.6 Å². The quantitative estimate of drug-likeness (QED) is 0.144. The molecule has 2 amide bonds. The molecule has 172 valence electrons. The minimum Gasteiger partial charge on any atom is -0.388 e. The topological polar surface area (TPSA) is 131 Å². The fourth-order valence-corrected chi connectivity index (χ4v) is 3.47. The van der Waals surface area contributed by atoms with E-state index in [1.165, 1.54) is 6.92 Å². The minimum absolute atomic E-state index is 0.0726. The van der Waals surface area contributed by atoms with E-state index in [2.05, 4.69) is 15.6 Å². The number of hydrogen-bond acceptors (Lipinski definition) is 6. The van der Waals surface area contributed by atoms with Crippen molar-refractivity contribution >= 4 is 41.5 Å². The predicted molar refractivity (Wildman–Crippen MR) is 123 cm³/mol. The van der Waals surface area contributed by atoms with Gasteiger partial charge in [-0.05, 0) is 50.5 Å². The standard InChI is InChI=1S/C21H38N4O4S/c1-14(2)11-19(24-16(4)27)21(29)25-18(8-10-30-5)20(28)12-17(13-26)7-6-9-23-15(3)22/h13-14,17-19H,6-12H2,1-5H3,(H2,22,23)(H,24,27)(H,25,29)/t17-,18+,19+/m1/s1. The highest BCUT2D eigenvalue weighted by Gasteiger charge is 2.27. The molecule has 0 saturated heterocycles. The molecule has 0 aromatic rings. The molecule has 9 heteroatoms. The second kappa shape index (κ2) is 15.9. The van der Waals surface area contributed by atoms with Gasteiger partial charge in [-0.15, -0.1) is 0 Å². The third-order valence-corrected chi connectivity index (χ3v) is 5.11. The maximum atomic E-state index is 12.8. The molecule has 0 aliphatic heterocycles. The molecule has 0 bridgehead atoms. The Morgan fingerprint density at radius 1 is 1.10 bits per heavy atom. The van der Waals surface area contributed by atoms with Crippen molar-refractivity contribution in [3.63, 3.8) is 0 Å². The molecule has 0 fully saturated rings. The third-order valence-electron chi connectivity index (χ3n) is 4.47. The lowest BCUT2D eigenvalue weighted by Crippen LogP contribution is -2.52. The Labute approximate surface area is 184 Å². The number of hydrogen-bond donors (Lipinski definition) is 3. The summed E-state index contributed by atoms with van der Waals surface area (Å²) >= 11 is 1.58. The average molecular weight is 443 g/mol. The maximum absolute atomic E-state index is 12.8. The molecule has 0 aromatic carbocycles. The second-order valence-electron chi connectivity index (χ2n) is 7.96. The second-order valence-corrected chi connectivity index (χ2v) is 8.94. The maximum Gasteiger partial charge on any atom is 0.243 e. The van der Waals surface area contributed by atoms with Crippen LogP contribution in [0.4, 0.5) is 0 Å². The molecule has 0 unspecified atom stereocenters. The molecule has 0 aliphatic rings. The molecule has 0 heterocycles. The van der Waals surface area contributed by atoms with Crippen LogP contribution in [0.5, 0.6) is 0 Å². The van der Waals surface area contributed by atoms with Crippen LogP contribution in [-0.2, 0) is 19.2 Å². The molecule has 3 atom stereocenters. The van der Waals surface area contributed by atoms with Crippen LogP contribution in [-0.4, -0.2) is 60.4 Å². The first kappa shape index (κ1) is 28.1. The lowest BCUT2D eigenvalue weighted by Gasteiger charge is -2.24. The van der Waals surface area contributed by atoms with Gasteiger partial charge in [0.05, 0.1) is 11.9 Å². The number of amidine groups is 1. The zero-order chi connectivity index (χ0) is 23.1. The Morgan fingerprint density at radius 2 is 1.77 bits per heavy atom. The number of amides is 2. The normalized spacial score (nSPS) is 14.7. The first-order chi connectivity index (χ1) is 14.1. The molecule has 0 aromatic heterocycles. The zero-order valence-corrected chi connectivity index (χ0v) is 19.7. The van der Waals surface area contributed by atoms with Gasteiger partial charge >= 0.3 is 0 Å². The van der Waals surface area contributed by atoms with Gasteiger partial charge in [0.15, 0.2) is 5.78 Å². The van der Waals surface area contributed by atoms with E-state index < -0.39 is 18.0 Å². The van der Waals surface area contributed by atoms with Crippen LogP contribution in [0, 0.1) is 11.8 Å². The summed E-state index contributed by atoms with van der Waals surface area (Å²) < 4.78 is 0. The van der Waals surface area contributed by atoms with E-state index in [9.17, 15) is 19.2 Å². The molecule has 0 aliphatic carbocycles. The molecule has 0 radical (unpaired) electrons. The van der Waals surface area contributed by atoms with Gasteiger partial charge in [0.1, 0.15) is 12.3 Å². The van der Waals surface area contributed by atoms with Gasteiger partial charge in [-0.3, -0.25) is 19.4 Å². The van der Waals surface area contributed by atoms with Gasteiger partial charge in [-0.1, -0.05) is 13.8 Å². The van der Waals surface area contributed by atoms with Crippen LogP contribution in [0.2, 0.25) is 0 Å². The van der Waals surface area contributed by atoms with Crippen LogP contribution in [0.15, 0.2) is 4.99 Å². The number of nitrogens with one attached hydrogen (secondary N) is 2. The summed E-state index contributed by atoms with van der Waals surface area (Å²) in [4.78, 5) is 52.6. The van der Waals surface area contributed by atoms with Crippen molar-refractivity contribution in [1.82, 2.24) is 10.6 Å². The highest BCUT2D eigenvalue weighted by molar-refractivity contribution is 7.98. The SMILES string of the molecule is CSCC[C@H](NC(=O)[C@H](CC(C)C)NC(C)=O)C(=O)C[C@H](C=O)CCCN=C(C)N. The van der Waals surface area contributed by atoms with Crippen LogP contribution in [0.3, 0.4) is 0 Å². The lowest BCUT2D eigenvalue weighted by molar-refractivity contribution is -0.132. The Kier molecular flexibility index (Phi) is 14.9. The Bertz CT molecular complexity index is 592. The molecule has 8 nitrogen and oxygen atoms in total. The van der Waals surface area contributed by atoms with Crippen molar-refractivity contribution in [2.45, 2.75) is 71.9 Å². The monoisotopic (exact) mass is 442 g/mol. The highest BCUT2D eigenvalue weighted by Crippen LogP contribution is 2.14. The van der Waals surface area contributed by atoms with Crippen molar-refractivity contribution in [3.8, 4) is 0 Å². The molecule has 4 N–H and O–H groups in total. The van der Waals surface area contributed by atoms with Crippen molar-refractivity contribution in [1.29, 1.82) is 0 Å². The minimum atomic E-state index is -0.689. The Balaban J connectivity index is 5.05. The summed E-state index contributed by atoms with van der Waals surface area (Å²) in [6.45, 7) is 7.50.